The maximum Gasteiger partial charge on any atom is 0.309 e. The van der Waals surface area contributed by atoms with E-state index < -0.39 is 0 Å². The van der Waals surface area contributed by atoms with Gasteiger partial charge in [-0.3, -0.25) is 14.8 Å². The number of aromatic nitrogens is 4. The summed E-state index contributed by atoms with van der Waals surface area (Å²) in [6, 6.07) is 17.2. The third-order valence-electron chi connectivity index (χ3n) is 6.13. The minimum atomic E-state index is -0.113. The second-order valence-electron chi connectivity index (χ2n) is 8.50. The van der Waals surface area contributed by atoms with Gasteiger partial charge in [-0.25, -0.2) is 9.97 Å². The van der Waals surface area contributed by atoms with E-state index in [-0.39, 0.29) is 11.9 Å². The molecule has 3 aromatic heterocycles. The van der Waals surface area contributed by atoms with E-state index in [1.54, 1.807) is 12.4 Å². The largest absolute Gasteiger partial charge is 0.466 e. The van der Waals surface area contributed by atoms with Crippen LogP contribution in [0.2, 0.25) is 0 Å². The molecule has 1 aliphatic heterocycles. The molecule has 1 saturated heterocycles. The highest BCUT2D eigenvalue weighted by Crippen LogP contribution is 2.29. The minimum absolute atomic E-state index is 0.0572. The highest BCUT2D eigenvalue weighted by atomic mass is 32.1. The Balaban J connectivity index is 1.39. The smallest absolute Gasteiger partial charge is 0.309 e. The number of carbonyl (C=O) groups excluding carboxylic acids is 1. The van der Waals surface area contributed by atoms with Gasteiger partial charge in [0.1, 0.15) is 11.4 Å². The first-order valence-electron chi connectivity index (χ1n) is 12.0. The fraction of sp³-hybridized carbons (Fsp3) is 0.259. The van der Waals surface area contributed by atoms with Gasteiger partial charge in [-0.2, -0.15) is 0 Å². The summed E-state index contributed by atoms with van der Waals surface area (Å²) >= 11 is 5.67. The van der Waals surface area contributed by atoms with Crippen LogP contribution in [0.15, 0.2) is 67.0 Å². The molecule has 8 nitrogen and oxygen atoms in total. The summed E-state index contributed by atoms with van der Waals surface area (Å²) in [6.45, 7) is 3.66. The van der Waals surface area contributed by atoms with Gasteiger partial charge in [0.2, 0.25) is 0 Å². The fourth-order valence-corrected chi connectivity index (χ4v) is 4.58. The first kappa shape index (κ1) is 23.7. The number of likely N-dealkylation sites (tertiary alicyclic amines) is 1. The number of piperidine rings is 1. The average Bonchev–Trinajstić information content (AvgIpc) is 2.93. The fourth-order valence-electron chi connectivity index (χ4n) is 4.28. The van der Waals surface area contributed by atoms with Crippen molar-refractivity contribution in [2.75, 3.05) is 25.0 Å². The number of ether oxygens (including phenoxy) is 1. The number of rotatable bonds is 5. The first-order valence-corrected chi connectivity index (χ1v) is 12.4. The number of pyridine rings is 2. The van der Waals surface area contributed by atoms with Crippen LogP contribution in [0.4, 0.5) is 5.69 Å². The molecule has 0 atom stereocenters. The van der Waals surface area contributed by atoms with Crippen LogP contribution in [-0.4, -0.2) is 55.6 Å². The average molecular weight is 499 g/mol. The van der Waals surface area contributed by atoms with E-state index in [9.17, 15) is 4.79 Å². The van der Waals surface area contributed by atoms with Gasteiger partial charge in [0.15, 0.2) is 5.11 Å². The van der Waals surface area contributed by atoms with Crippen LogP contribution in [0.25, 0.3) is 33.8 Å². The van der Waals surface area contributed by atoms with Gasteiger partial charge in [0.05, 0.1) is 34.9 Å². The summed E-state index contributed by atoms with van der Waals surface area (Å²) in [7, 11) is 0. The SMILES string of the molecule is CCOC(=O)C1CCN(C(=S)Nc2ccc3nc(-c4ccccn4)c(-c4ccccn4)nc3c2)CC1. The number of hydrogen-bond donors (Lipinski definition) is 1. The summed E-state index contributed by atoms with van der Waals surface area (Å²) in [5.74, 6) is -0.170. The number of benzene rings is 1. The van der Waals surface area contributed by atoms with Crippen LogP contribution in [-0.2, 0) is 9.53 Å². The number of anilines is 1. The molecule has 0 saturated carbocycles. The van der Waals surface area contributed by atoms with Crippen LogP contribution >= 0.6 is 12.2 Å². The molecule has 1 aliphatic rings. The van der Waals surface area contributed by atoms with Gasteiger partial charge in [0, 0.05) is 31.2 Å². The van der Waals surface area contributed by atoms with E-state index in [2.05, 4.69) is 20.2 Å². The third kappa shape index (κ3) is 5.16. The van der Waals surface area contributed by atoms with E-state index >= 15 is 0 Å². The van der Waals surface area contributed by atoms with Gasteiger partial charge in [-0.1, -0.05) is 12.1 Å². The molecule has 36 heavy (non-hydrogen) atoms. The van der Waals surface area contributed by atoms with Crippen molar-refractivity contribution in [1.82, 2.24) is 24.8 Å². The molecular formula is C27H26N6O2S. The molecule has 0 unspecified atom stereocenters. The van der Waals surface area contributed by atoms with E-state index in [0.29, 0.717) is 36.2 Å². The molecule has 9 heteroatoms. The monoisotopic (exact) mass is 498 g/mol. The second kappa shape index (κ2) is 10.7. The maximum absolute atomic E-state index is 12.0. The Labute approximate surface area is 214 Å². The van der Waals surface area contributed by atoms with Crippen molar-refractivity contribution < 1.29 is 9.53 Å². The highest BCUT2D eigenvalue weighted by Gasteiger charge is 2.27. The quantitative estimate of drug-likeness (QED) is 0.310. The van der Waals surface area contributed by atoms with Gasteiger partial charge in [-0.05, 0) is 74.4 Å². The summed E-state index contributed by atoms with van der Waals surface area (Å²) in [6.07, 6.45) is 4.94. The molecule has 4 heterocycles. The van der Waals surface area contributed by atoms with E-state index in [4.69, 9.17) is 26.9 Å². The molecule has 5 rings (SSSR count). The molecule has 1 N–H and O–H groups in total. The van der Waals surface area contributed by atoms with E-state index in [1.807, 2.05) is 61.5 Å². The number of hydrogen-bond acceptors (Lipinski definition) is 7. The zero-order valence-electron chi connectivity index (χ0n) is 19.9. The normalized spacial score (nSPS) is 14.0. The summed E-state index contributed by atoms with van der Waals surface area (Å²) < 4.78 is 5.16. The first-order chi connectivity index (χ1) is 17.6. The Bertz CT molecular complexity index is 1380. The Morgan fingerprint density at radius 3 is 2.19 bits per heavy atom. The van der Waals surface area contributed by atoms with Crippen molar-refractivity contribution in [3.05, 3.63) is 67.0 Å². The Kier molecular flexibility index (Phi) is 7.08. The zero-order valence-corrected chi connectivity index (χ0v) is 20.7. The minimum Gasteiger partial charge on any atom is -0.466 e. The third-order valence-corrected chi connectivity index (χ3v) is 6.49. The summed E-state index contributed by atoms with van der Waals surface area (Å²) in [5, 5.41) is 3.95. The lowest BCUT2D eigenvalue weighted by atomic mass is 9.97. The molecule has 1 aromatic carbocycles. The number of thiocarbonyl (C=S) groups is 1. The molecule has 0 amide bonds. The lowest BCUT2D eigenvalue weighted by Gasteiger charge is -2.32. The van der Waals surface area contributed by atoms with E-state index in [0.717, 1.165) is 41.0 Å². The number of fused-ring (bicyclic) bond motifs is 1. The van der Waals surface area contributed by atoms with Crippen LogP contribution < -0.4 is 5.32 Å². The molecule has 0 aliphatic carbocycles. The number of nitrogens with one attached hydrogen (secondary N) is 1. The van der Waals surface area contributed by atoms with Crippen molar-refractivity contribution in [2.24, 2.45) is 5.92 Å². The number of esters is 1. The molecule has 4 aromatic rings. The van der Waals surface area contributed by atoms with Gasteiger partial charge >= 0.3 is 5.97 Å². The van der Waals surface area contributed by atoms with Crippen LogP contribution in [0.5, 0.6) is 0 Å². The summed E-state index contributed by atoms with van der Waals surface area (Å²) in [4.78, 5) is 32.9. The molecular weight excluding hydrogens is 472 g/mol. The van der Waals surface area contributed by atoms with Crippen LogP contribution in [0.3, 0.4) is 0 Å². The maximum atomic E-state index is 12.0. The standard InChI is InChI=1S/C27H26N6O2S/c1-2-35-26(34)18-11-15-33(16-12-18)27(36)30-19-9-10-20-23(17-19)32-25(22-8-4-6-14-29-22)24(31-20)21-7-3-5-13-28-21/h3-10,13-14,17-18H,2,11-12,15-16H2,1H3,(H,30,36). The predicted molar refractivity (Wildman–Crippen MR) is 143 cm³/mol. The van der Waals surface area contributed by atoms with Crippen molar-refractivity contribution in [3.8, 4) is 22.8 Å². The lowest BCUT2D eigenvalue weighted by Crippen LogP contribution is -2.42. The number of carbonyl (C=O) groups is 1. The van der Waals surface area contributed by atoms with Crippen LogP contribution in [0.1, 0.15) is 19.8 Å². The molecule has 182 valence electrons. The topological polar surface area (TPSA) is 93.1 Å². The van der Waals surface area contributed by atoms with Gasteiger partial charge in [0.25, 0.3) is 0 Å². The second-order valence-corrected chi connectivity index (χ2v) is 8.88. The molecule has 0 radical (unpaired) electrons. The molecule has 1 fully saturated rings. The Morgan fingerprint density at radius 2 is 1.61 bits per heavy atom. The van der Waals surface area contributed by atoms with Crippen molar-refractivity contribution in [2.45, 2.75) is 19.8 Å². The van der Waals surface area contributed by atoms with Crippen LogP contribution in [0, 0.1) is 5.92 Å². The Morgan fingerprint density at radius 1 is 0.972 bits per heavy atom. The highest BCUT2D eigenvalue weighted by molar-refractivity contribution is 7.80. The lowest BCUT2D eigenvalue weighted by molar-refractivity contribution is -0.149. The van der Waals surface area contributed by atoms with Crippen molar-refractivity contribution >= 4 is 40.0 Å². The zero-order chi connectivity index (χ0) is 24.9. The van der Waals surface area contributed by atoms with Gasteiger partial charge in [-0.15, -0.1) is 0 Å². The predicted octanol–water partition coefficient (Wildman–Crippen LogP) is 4.73. The molecule has 0 bridgehead atoms. The molecule has 0 spiro atoms. The Hall–Kier alpha value is -3.98. The van der Waals surface area contributed by atoms with Gasteiger partial charge < -0.3 is 15.0 Å². The number of nitrogens with zero attached hydrogens (tertiary/aromatic N) is 5. The summed E-state index contributed by atoms with van der Waals surface area (Å²) in [5.41, 5.74) is 5.12. The van der Waals surface area contributed by atoms with Crippen molar-refractivity contribution in [3.63, 3.8) is 0 Å². The van der Waals surface area contributed by atoms with Crippen molar-refractivity contribution in [1.29, 1.82) is 0 Å². The van der Waals surface area contributed by atoms with E-state index in [1.165, 1.54) is 0 Å².